The zero-order valence-electron chi connectivity index (χ0n) is 11.9. The van der Waals surface area contributed by atoms with Crippen molar-refractivity contribution < 1.29 is 22.6 Å². The summed E-state index contributed by atoms with van der Waals surface area (Å²) in [6.07, 6.45) is -4.46. The van der Waals surface area contributed by atoms with Crippen molar-refractivity contribution in [3.63, 3.8) is 0 Å². The first-order valence-corrected chi connectivity index (χ1v) is 6.22. The van der Waals surface area contributed by atoms with E-state index in [0.717, 1.165) is 12.1 Å². The quantitative estimate of drug-likeness (QED) is 0.750. The van der Waals surface area contributed by atoms with Crippen LogP contribution < -0.4 is 9.47 Å². The average Bonchev–Trinajstić information content (AvgIpc) is 2.52. The molecule has 0 spiro atoms. The van der Waals surface area contributed by atoms with Crippen LogP contribution in [0.1, 0.15) is 5.56 Å². The third-order valence-corrected chi connectivity index (χ3v) is 3.12. The summed E-state index contributed by atoms with van der Waals surface area (Å²) in [7, 11) is 2.80. The lowest BCUT2D eigenvalue weighted by atomic mass is 9.99. The summed E-state index contributed by atoms with van der Waals surface area (Å²) in [5.41, 5.74) is -0.0673. The van der Waals surface area contributed by atoms with Crippen molar-refractivity contribution in [2.24, 2.45) is 0 Å². The van der Waals surface area contributed by atoms with Gasteiger partial charge in [0.2, 0.25) is 0 Å². The van der Waals surface area contributed by atoms with Crippen LogP contribution in [0.4, 0.5) is 18.9 Å². The van der Waals surface area contributed by atoms with E-state index in [1.807, 2.05) is 0 Å². The molecular weight excluding hydrogens is 295 g/mol. The van der Waals surface area contributed by atoms with Gasteiger partial charge in [0.1, 0.15) is 0 Å². The van der Waals surface area contributed by atoms with Crippen LogP contribution in [-0.2, 0) is 6.18 Å². The fourth-order valence-electron chi connectivity index (χ4n) is 2.14. The van der Waals surface area contributed by atoms with E-state index in [1.165, 1.54) is 32.4 Å². The smallest absolute Gasteiger partial charge is 0.416 e. The Morgan fingerprint density at radius 3 is 2.32 bits per heavy atom. The van der Waals surface area contributed by atoms with Crippen LogP contribution in [0.25, 0.3) is 16.0 Å². The molecule has 0 radical (unpaired) electrons. The Hall–Kier alpha value is -2.68. The molecule has 0 aromatic heterocycles. The van der Waals surface area contributed by atoms with Gasteiger partial charge in [-0.05, 0) is 23.8 Å². The van der Waals surface area contributed by atoms with E-state index in [1.54, 1.807) is 6.07 Å². The summed E-state index contributed by atoms with van der Waals surface area (Å²) in [6.45, 7) is 7.22. The minimum atomic E-state index is -4.46. The predicted molar refractivity (Wildman–Crippen MR) is 76.2 cm³/mol. The number of rotatable bonds is 3. The third-order valence-electron chi connectivity index (χ3n) is 3.12. The second-order valence-electron chi connectivity index (χ2n) is 4.39. The van der Waals surface area contributed by atoms with Gasteiger partial charge in [-0.2, -0.15) is 13.2 Å². The van der Waals surface area contributed by atoms with Gasteiger partial charge in [0.25, 0.3) is 0 Å². The Bertz CT molecular complexity index is 733. The topological polar surface area (TPSA) is 22.8 Å². The van der Waals surface area contributed by atoms with Crippen molar-refractivity contribution in [3.8, 4) is 22.6 Å². The first-order valence-electron chi connectivity index (χ1n) is 6.22. The molecule has 22 heavy (non-hydrogen) atoms. The molecule has 114 valence electrons. The summed E-state index contributed by atoms with van der Waals surface area (Å²) < 4.78 is 49.0. The van der Waals surface area contributed by atoms with Gasteiger partial charge in [-0.15, -0.1) is 0 Å². The van der Waals surface area contributed by atoms with Crippen molar-refractivity contribution in [1.29, 1.82) is 0 Å². The molecular formula is C16H12F3NO2. The number of hydrogen-bond donors (Lipinski definition) is 0. The maximum atomic E-state index is 12.9. The molecule has 0 atom stereocenters. The summed E-state index contributed by atoms with van der Waals surface area (Å²) in [4.78, 5) is 3.36. The molecule has 0 heterocycles. The SMILES string of the molecule is [C-]#[N+]c1ccc(OC)c(OC)c1-c1cccc(C(F)(F)F)c1. The minimum Gasteiger partial charge on any atom is -0.494 e. The molecule has 0 unspecified atom stereocenters. The third kappa shape index (κ3) is 2.84. The zero-order chi connectivity index (χ0) is 16.3. The Morgan fingerprint density at radius 1 is 1.05 bits per heavy atom. The van der Waals surface area contributed by atoms with Gasteiger partial charge in [0.15, 0.2) is 17.2 Å². The summed E-state index contributed by atoms with van der Waals surface area (Å²) in [6, 6.07) is 7.80. The van der Waals surface area contributed by atoms with Gasteiger partial charge in [0.05, 0.1) is 26.4 Å². The number of benzene rings is 2. The maximum absolute atomic E-state index is 12.9. The Morgan fingerprint density at radius 2 is 1.77 bits per heavy atom. The van der Waals surface area contributed by atoms with E-state index in [4.69, 9.17) is 16.0 Å². The van der Waals surface area contributed by atoms with Crippen molar-refractivity contribution in [1.82, 2.24) is 0 Å². The van der Waals surface area contributed by atoms with Gasteiger partial charge in [-0.25, -0.2) is 4.85 Å². The monoisotopic (exact) mass is 307 g/mol. The molecule has 6 heteroatoms. The summed E-state index contributed by atoms with van der Waals surface area (Å²) in [5.74, 6) is 0.581. The van der Waals surface area contributed by atoms with E-state index in [2.05, 4.69) is 4.85 Å². The highest BCUT2D eigenvalue weighted by Gasteiger charge is 2.31. The summed E-state index contributed by atoms with van der Waals surface area (Å²) >= 11 is 0. The highest BCUT2D eigenvalue weighted by atomic mass is 19.4. The van der Waals surface area contributed by atoms with Crippen LogP contribution in [0.5, 0.6) is 11.5 Å². The number of hydrogen-bond acceptors (Lipinski definition) is 2. The lowest BCUT2D eigenvalue weighted by Crippen LogP contribution is -2.04. The first-order chi connectivity index (χ1) is 10.4. The fourth-order valence-corrected chi connectivity index (χ4v) is 2.14. The molecule has 2 aromatic rings. The van der Waals surface area contributed by atoms with Crippen molar-refractivity contribution in [3.05, 3.63) is 53.4 Å². The van der Waals surface area contributed by atoms with Gasteiger partial charge in [-0.3, -0.25) is 0 Å². The van der Waals surface area contributed by atoms with Crippen molar-refractivity contribution in [2.45, 2.75) is 6.18 Å². The molecule has 0 saturated heterocycles. The van der Waals surface area contributed by atoms with Gasteiger partial charge < -0.3 is 9.47 Å². The minimum absolute atomic E-state index is 0.192. The second-order valence-corrected chi connectivity index (χ2v) is 4.39. The predicted octanol–water partition coefficient (Wildman–Crippen LogP) is 4.94. The molecule has 0 aliphatic carbocycles. The highest BCUT2D eigenvalue weighted by molar-refractivity contribution is 5.86. The Balaban J connectivity index is 2.74. The van der Waals surface area contributed by atoms with Gasteiger partial charge in [0, 0.05) is 5.56 Å². The van der Waals surface area contributed by atoms with E-state index in [0.29, 0.717) is 5.75 Å². The lowest BCUT2D eigenvalue weighted by molar-refractivity contribution is -0.137. The first kappa shape index (κ1) is 15.7. The maximum Gasteiger partial charge on any atom is 0.416 e. The molecule has 0 aliphatic heterocycles. The van der Waals surface area contributed by atoms with E-state index in [9.17, 15) is 13.2 Å². The van der Waals surface area contributed by atoms with E-state index < -0.39 is 11.7 Å². The van der Waals surface area contributed by atoms with Gasteiger partial charge >= 0.3 is 6.18 Å². The molecule has 2 aromatic carbocycles. The Kier molecular flexibility index (Phi) is 4.27. The number of alkyl halides is 3. The fraction of sp³-hybridized carbons (Fsp3) is 0.188. The standard InChI is InChI=1S/C16H12F3NO2/c1-20-12-7-8-13(21-2)15(22-3)14(12)10-5-4-6-11(9-10)16(17,18)19/h4-9H,2-3H3. The highest BCUT2D eigenvalue weighted by Crippen LogP contribution is 2.45. The van der Waals surface area contributed by atoms with Crippen LogP contribution in [0.3, 0.4) is 0 Å². The summed E-state index contributed by atoms with van der Waals surface area (Å²) in [5, 5.41) is 0. The molecule has 3 nitrogen and oxygen atoms in total. The molecule has 2 rings (SSSR count). The molecule has 0 amide bonds. The molecule has 0 N–H and O–H groups in total. The average molecular weight is 307 g/mol. The van der Waals surface area contributed by atoms with Gasteiger partial charge in [-0.1, -0.05) is 18.2 Å². The van der Waals surface area contributed by atoms with Crippen LogP contribution in [0.15, 0.2) is 36.4 Å². The van der Waals surface area contributed by atoms with Crippen LogP contribution in [0.2, 0.25) is 0 Å². The van der Waals surface area contributed by atoms with Crippen LogP contribution >= 0.6 is 0 Å². The molecule has 0 fully saturated rings. The van der Waals surface area contributed by atoms with Crippen LogP contribution in [-0.4, -0.2) is 14.2 Å². The number of methoxy groups -OCH3 is 2. The lowest BCUT2D eigenvalue weighted by Gasteiger charge is -2.16. The number of nitrogens with zero attached hydrogens (tertiary/aromatic N) is 1. The molecule has 0 bridgehead atoms. The number of halogens is 3. The number of ether oxygens (including phenoxy) is 2. The van der Waals surface area contributed by atoms with E-state index in [-0.39, 0.29) is 22.6 Å². The van der Waals surface area contributed by atoms with Crippen molar-refractivity contribution in [2.75, 3.05) is 14.2 Å². The molecule has 0 aliphatic rings. The largest absolute Gasteiger partial charge is 0.494 e. The second kappa shape index (κ2) is 5.98. The van der Waals surface area contributed by atoms with Crippen molar-refractivity contribution >= 4 is 5.69 Å². The normalized spacial score (nSPS) is 10.9. The molecule has 0 saturated carbocycles. The Labute approximate surface area is 125 Å². The van der Waals surface area contributed by atoms with E-state index >= 15 is 0 Å². The van der Waals surface area contributed by atoms with Crippen LogP contribution in [0, 0.1) is 6.57 Å². The zero-order valence-corrected chi connectivity index (χ0v) is 11.9.